The van der Waals surface area contributed by atoms with Crippen LogP contribution in [0.4, 0.5) is 20.7 Å². The Kier molecular flexibility index (Phi) is 6.94. The van der Waals surface area contributed by atoms with Crippen LogP contribution in [0.3, 0.4) is 0 Å². The third-order valence-corrected chi connectivity index (χ3v) is 5.31. The van der Waals surface area contributed by atoms with Gasteiger partial charge in [0.2, 0.25) is 5.91 Å². The van der Waals surface area contributed by atoms with Gasteiger partial charge in [-0.05, 0) is 17.7 Å². The van der Waals surface area contributed by atoms with E-state index in [9.17, 15) is 14.0 Å². The molecule has 2 N–H and O–H groups in total. The first-order valence-electron chi connectivity index (χ1n) is 10.1. The number of hydrogen-bond acceptors (Lipinski definition) is 7. The van der Waals surface area contributed by atoms with Gasteiger partial charge >= 0.3 is 6.09 Å². The summed E-state index contributed by atoms with van der Waals surface area (Å²) in [5.41, 5.74) is 1.24. The fraction of sp³-hybridized carbons (Fsp3) is 0.227. The number of ether oxygens (including phenoxy) is 1. The van der Waals surface area contributed by atoms with Crippen molar-refractivity contribution >= 4 is 35.1 Å². The topological polar surface area (TPSA) is 109 Å². The van der Waals surface area contributed by atoms with Crippen molar-refractivity contribution in [2.45, 2.75) is 13.2 Å². The van der Waals surface area contributed by atoms with Gasteiger partial charge in [-0.1, -0.05) is 41.9 Å². The number of nitrogens with zero attached hydrogens (tertiary/aromatic N) is 4. The van der Waals surface area contributed by atoms with Crippen molar-refractivity contribution in [1.82, 2.24) is 19.9 Å². The fourth-order valence-corrected chi connectivity index (χ4v) is 3.33. The molecular formula is C22H20ClFN6O3. The number of pyridine rings is 1. The largest absolute Gasteiger partial charge is 0.445 e. The molecule has 2 aromatic heterocycles. The first-order valence-corrected chi connectivity index (χ1v) is 10.5. The summed E-state index contributed by atoms with van der Waals surface area (Å²) in [6, 6.07) is 12.1. The molecule has 1 aliphatic rings. The predicted molar refractivity (Wildman–Crippen MR) is 119 cm³/mol. The van der Waals surface area contributed by atoms with E-state index in [0.717, 1.165) is 5.56 Å². The summed E-state index contributed by atoms with van der Waals surface area (Å²) >= 11 is 6.15. The van der Waals surface area contributed by atoms with E-state index in [1.807, 2.05) is 30.3 Å². The quantitative estimate of drug-likeness (QED) is 0.509. The van der Waals surface area contributed by atoms with Gasteiger partial charge < -0.3 is 20.3 Å². The van der Waals surface area contributed by atoms with Gasteiger partial charge in [-0.25, -0.2) is 19.2 Å². The SMILES string of the molecule is O=C(Nc1c(Cl)ncnc1NCc1ncccc1F)C1CN(C(=O)OCc2ccccc2)C1. The number of carbonyl (C=O) groups is 2. The van der Waals surface area contributed by atoms with Crippen molar-refractivity contribution in [3.05, 3.63) is 77.2 Å². The van der Waals surface area contributed by atoms with Crippen LogP contribution in [0.25, 0.3) is 0 Å². The molecule has 33 heavy (non-hydrogen) atoms. The van der Waals surface area contributed by atoms with Crippen LogP contribution in [0.2, 0.25) is 5.15 Å². The summed E-state index contributed by atoms with van der Waals surface area (Å²) in [5.74, 6) is -1.02. The molecule has 3 heterocycles. The van der Waals surface area contributed by atoms with Gasteiger partial charge in [0.05, 0.1) is 18.2 Å². The molecule has 0 bridgehead atoms. The molecule has 0 radical (unpaired) electrons. The second-order valence-electron chi connectivity index (χ2n) is 7.30. The molecule has 1 aromatic carbocycles. The van der Waals surface area contributed by atoms with Crippen molar-refractivity contribution < 1.29 is 18.7 Å². The van der Waals surface area contributed by atoms with Gasteiger partial charge in [0.1, 0.15) is 24.4 Å². The van der Waals surface area contributed by atoms with Crippen molar-refractivity contribution in [1.29, 1.82) is 0 Å². The molecule has 11 heteroatoms. The maximum absolute atomic E-state index is 13.8. The molecule has 1 aliphatic heterocycles. The van der Waals surface area contributed by atoms with Crippen molar-refractivity contribution in [3.63, 3.8) is 0 Å². The van der Waals surface area contributed by atoms with E-state index >= 15 is 0 Å². The van der Waals surface area contributed by atoms with Gasteiger partial charge in [0, 0.05) is 19.3 Å². The minimum atomic E-state index is -0.483. The number of benzene rings is 1. The van der Waals surface area contributed by atoms with Crippen LogP contribution >= 0.6 is 11.6 Å². The van der Waals surface area contributed by atoms with Crippen LogP contribution in [-0.4, -0.2) is 44.9 Å². The van der Waals surface area contributed by atoms with E-state index < -0.39 is 17.8 Å². The van der Waals surface area contributed by atoms with E-state index in [-0.39, 0.29) is 54.5 Å². The Labute approximate surface area is 194 Å². The molecule has 2 amide bonds. The monoisotopic (exact) mass is 470 g/mol. The van der Waals surface area contributed by atoms with Crippen LogP contribution in [-0.2, 0) is 22.7 Å². The molecule has 0 atom stereocenters. The van der Waals surface area contributed by atoms with Crippen LogP contribution in [0.1, 0.15) is 11.3 Å². The van der Waals surface area contributed by atoms with Crippen LogP contribution in [0, 0.1) is 11.7 Å². The lowest BCUT2D eigenvalue weighted by Crippen LogP contribution is -2.54. The van der Waals surface area contributed by atoms with Gasteiger partial charge in [-0.3, -0.25) is 9.78 Å². The minimum Gasteiger partial charge on any atom is -0.445 e. The normalized spacial score (nSPS) is 13.2. The van der Waals surface area contributed by atoms with Crippen LogP contribution in [0.5, 0.6) is 0 Å². The maximum atomic E-state index is 13.8. The molecule has 0 aliphatic carbocycles. The molecule has 0 saturated carbocycles. The van der Waals surface area contributed by atoms with Crippen molar-refractivity contribution in [2.24, 2.45) is 5.92 Å². The summed E-state index contributed by atoms with van der Waals surface area (Å²) in [4.78, 5) is 38.2. The lowest BCUT2D eigenvalue weighted by molar-refractivity contribution is -0.124. The molecule has 1 fully saturated rings. The molecule has 9 nitrogen and oxygen atoms in total. The zero-order valence-corrected chi connectivity index (χ0v) is 18.1. The number of anilines is 2. The summed E-state index contributed by atoms with van der Waals surface area (Å²) in [7, 11) is 0. The Bertz CT molecular complexity index is 1140. The number of nitrogens with one attached hydrogen (secondary N) is 2. The second-order valence-corrected chi connectivity index (χ2v) is 7.66. The highest BCUT2D eigenvalue weighted by Crippen LogP contribution is 2.28. The highest BCUT2D eigenvalue weighted by atomic mass is 35.5. The highest BCUT2D eigenvalue weighted by Gasteiger charge is 2.37. The molecule has 1 saturated heterocycles. The Balaban J connectivity index is 1.31. The number of carbonyl (C=O) groups excluding carboxylic acids is 2. The molecule has 0 spiro atoms. The average molecular weight is 471 g/mol. The minimum absolute atomic E-state index is 0.0285. The van der Waals surface area contributed by atoms with Crippen molar-refractivity contribution in [3.8, 4) is 0 Å². The van der Waals surface area contributed by atoms with E-state index in [1.54, 1.807) is 0 Å². The molecule has 0 unspecified atom stereocenters. The zero-order valence-electron chi connectivity index (χ0n) is 17.4. The lowest BCUT2D eigenvalue weighted by Gasteiger charge is -2.37. The summed E-state index contributed by atoms with van der Waals surface area (Å²) < 4.78 is 19.1. The molecule has 3 aromatic rings. The number of rotatable bonds is 7. The van der Waals surface area contributed by atoms with E-state index in [1.165, 1.54) is 29.6 Å². The number of amides is 2. The molecule has 4 rings (SSSR count). The Morgan fingerprint density at radius 3 is 2.67 bits per heavy atom. The molecule has 170 valence electrons. The van der Waals surface area contributed by atoms with E-state index in [0.29, 0.717) is 0 Å². The number of hydrogen-bond donors (Lipinski definition) is 2. The van der Waals surface area contributed by atoms with Crippen LogP contribution in [0.15, 0.2) is 55.0 Å². The smallest absolute Gasteiger partial charge is 0.410 e. The van der Waals surface area contributed by atoms with Gasteiger partial charge in [-0.15, -0.1) is 0 Å². The predicted octanol–water partition coefficient (Wildman–Crippen LogP) is 3.48. The first kappa shape index (κ1) is 22.4. The Morgan fingerprint density at radius 2 is 1.91 bits per heavy atom. The third kappa shape index (κ3) is 5.53. The van der Waals surface area contributed by atoms with Gasteiger partial charge in [-0.2, -0.15) is 0 Å². The van der Waals surface area contributed by atoms with E-state index in [2.05, 4.69) is 25.6 Å². The standard InChI is InChI=1S/C22H20ClFN6O3/c23-19-18(20(28-13-27-19)26-9-17-16(24)7-4-8-25-17)29-21(31)15-10-30(11-15)22(32)33-12-14-5-2-1-3-6-14/h1-8,13,15H,9-12H2,(H,29,31)(H,26,27,28). The summed E-state index contributed by atoms with van der Waals surface area (Å²) in [5, 5.41) is 5.64. The third-order valence-electron chi connectivity index (χ3n) is 5.02. The summed E-state index contributed by atoms with van der Waals surface area (Å²) in [6.45, 7) is 0.628. The fourth-order valence-electron chi connectivity index (χ4n) is 3.15. The van der Waals surface area contributed by atoms with Crippen molar-refractivity contribution in [2.75, 3.05) is 23.7 Å². The van der Waals surface area contributed by atoms with Gasteiger partial charge in [0.15, 0.2) is 11.0 Å². The Morgan fingerprint density at radius 1 is 1.12 bits per heavy atom. The zero-order chi connectivity index (χ0) is 23.2. The number of likely N-dealkylation sites (tertiary alicyclic amines) is 1. The molecular weight excluding hydrogens is 451 g/mol. The highest BCUT2D eigenvalue weighted by molar-refractivity contribution is 6.33. The average Bonchev–Trinajstić information content (AvgIpc) is 2.79. The van der Waals surface area contributed by atoms with Gasteiger partial charge in [0.25, 0.3) is 0 Å². The lowest BCUT2D eigenvalue weighted by atomic mass is 10.00. The summed E-state index contributed by atoms with van der Waals surface area (Å²) in [6.07, 6.45) is 2.22. The maximum Gasteiger partial charge on any atom is 0.410 e. The number of aromatic nitrogens is 3. The second kappa shape index (κ2) is 10.2. The first-order chi connectivity index (χ1) is 16.0. The Hall–Kier alpha value is -3.79. The van der Waals surface area contributed by atoms with Crippen LogP contribution < -0.4 is 10.6 Å². The van der Waals surface area contributed by atoms with E-state index in [4.69, 9.17) is 16.3 Å². The number of halogens is 2.